The number of carbonyl (C=O) groups is 1. The van der Waals surface area contributed by atoms with Gasteiger partial charge in [-0.3, -0.25) is 0 Å². The molecule has 7 heteroatoms. The van der Waals surface area contributed by atoms with Crippen LogP contribution < -0.4 is 9.44 Å². The van der Waals surface area contributed by atoms with Crippen molar-refractivity contribution >= 4 is 16.3 Å². The van der Waals surface area contributed by atoms with Gasteiger partial charge in [-0.1, -0.05) is 36.4 Å². The van der Waals surface area contributed by atoms with Gasteiger partial charge in [0.05, 0.1) is 7.11 Å². The van der Waals surface area contributed by atoms with Crippen molar-refractivity contribution in [2.75, 3.05) is 7.11 Å². The third-order valence-electron chi connectivity index (χ3n) is 1.46. The van der Waals surface area contributed by atoms with Crippen LogP contribution in [0.3, 0.4) is 0 Å². The summed E-state index contributed by atoms with van der Waals surface area (Å²) in [7, 11) is -2.68. The average Bonchev–Trinajstić information content (AvgIpc) is 2.29. The minimum atomic E-state index is -3.77. The van der Waals surface area contributed by atoms with E-state index in [1.807, 2.05) is 36.4 Å². The van der Waals surface area contributed by atoms with Crippen molar-refractivity contribution in [1.29, 1.82) is 0 Å². The Morgan fingerprint density at radius 1 is 1.06 bits per heavy atom. The Hall–Kier alpha value is -1.60. The Morgan fingerprint density at radius 3 is 1.72 bits per heavy atom. The Balaban J connectivity index is 0.000000397. The maximum absolute atomic E-state index is 10.9. The molecule has 0 unspecified atom stereocenters. The average molecular weight is 274 g/mol. The van der Waals surface area contributed by atoms with Crippen LogP contribution in [-0.4, -0.2) is 27.7 Å². The Kier molecular flexibility index (Phi) is 7.73. The van der Waals surface area contributed by atoms with Crippen LogP contribution in [0.5, 0.6) is 0 Å². The van der Waals surface area contributed by atoms with Gasteiger partial charge >= 0.3 is 16.3 Å². The van der Waals surface area contributed by atoms with E-state index < -0.39 is 16.3 Å². The molecule has 0 aromatic heterocycles. The molecule has 1 aromatic carbocycles. The first-order valence-electron chi connectivity index (χ1n) is 5.25. The molecule has 0 aliphatic rings. The Bertz CT molecular complexity index is 405. The molecule has 0 aliphatic carbocycles. The summed E-state index contributed by atoms with van der Waals surface area (Å²) in [5, 5.41) is 0. The number of amides is 1. The number of carbonyl (C=O) groups excluding carboxylic acids is 1. The molecule has 0 saturated heterocycles. The fraction of sp³-hybridized carbons (Fsp3) is 0.364. The highest BCUT2D eigenvalue weighted by atomic mass is 32.2. The van der Waals surface area contributed by atoms with Gasteiger partial charge in [-0.2, -0.15) is 13.1 Å². The smallest absolute Gasteiger partial charge is 0.421 e. The number of hydrogen-bond acceptors (Lipinski definition) is 4. The molecule has 0 bridgehead atoms. The number of hydrogen-bond donors (Lipinski definition) is 2. The van der Waals surface area contributed by atoms with E-state index in [1.54, 1.807) is 18.6 Å². The van der Waals surface area contributed by atoms with Crippen LogP contribution in [0.2, 0.25) is 0 Å². The van der Waals surface area contributed by atoms with E-state index in [0.717, 1.165) is 7.11 Å². The first kappa shape index (κ1) is 16.4. The molecular formula is C11H18N2O4S. The number of rotatable bonds is 3. The molecule has 0 atom stereocenters. The molecule has 6 nitrogen and oxygen atoms in total. The van der Waals surface area contributed by atoms with Crippen molar-refractivity contribution in [3.8, 4) is 0 Å². The van der Waals surface area contributed by atoms with Crippen LogP contribution in [0.15, 0.2) is 36.4 Å². The fourth-order valence-electron chi connectivity index (χ4n) is 0.876. The highest BCUT2D eigenvalue weighted by Crippen LogP contribution is 1.84. The summed E-state index contributed by atoms with van der Waals surface area (Å²) in [6, 6.07) is 11.7. The quantitative estimate of drug-likeness (QED) is 0.869. The molecule has 0 saturated carbocycles. The standard InChI is InChI=1S/C6H6.C5H12N2O4S/c1-2-4-6-5-3-1;1-4(2)6-12(9,10)7-5(8)11-3/h1-6H;4,6H,1-3H3,(H,7,8). The highest BCUT2D eigenvalue weighted by molar-refractivity contribution is 7.88. The molecule has 102 valence electrons. The van der Waals surface area contributed by atoms with Gasteiger partial charge in [0, 0.05) is 6.04 Å². The van der Waals surface area contributed by atoms with Gasteiger partial charge in [-0.15, -0.1) is 0 Å². The van der Waals surface area contributed by atoms with Gasteiger partial charge in [-0.05, 0) is 13.8 Å². The number of methoxy groups -OCH3 is 1. The van der Waals surface area contributed by atoms with Gasteiger partial charge in [-0.25, -0.2) is 9.52 Å². The zero-order valence-electron chi connectivity index (χ0n) is 10.6. The van der Waals surface area contributed by atoms with Crippen molar-refractivity contribution in [3.05, 3.63) is 36.4 Å². The zero-order valence-corrected chi connectivity index (χ0v) is 11.4. The summed E-state index contributed by atoms with van der Waals surface area (Å²) in [6.07, 6.45) is -1.01. The van der Waals surface area contributed by atoms with Gasteiger partial charge in [0.2, 0.25) is 0 Å². The van der Waals surface area contributed by atoms with Crippen molar-refractivity contribution < 1.29 is 17.9 Å². The van der Waals surface area contributed by atoms with Gasteiger partial charge in [0.15, 0.2) is 0 Å². The van der Waals surface area contributed by atoms with Crippen LogP contribution in [0.1, 0.15) is 13.8 Å². The van der Waals surface area contributed by atoms with Crippen LogP contribution in [0.4, 0.5) is 4.79 Å². The molecule has 0 spiro atoms. The van der Waals surface area contributed by atoms with Gasteiger partial charge in [0.25, 0.3) is 0 Å². The van der Waals surface area contributed by atoms with E-state index in [9.17, 15) is 13.2 Å². The second-order valence-electron chi connectivity index (χ2n) is 3.52. The molecule has 1 aromatic rings. The summed E-state index contributed by atoms with van der Waals surface area (Å²) in [4.78, 5) is 10.5. The Labute approximate surface area is 108 Å². The fourth-order valence-corrected chi connectivity index (χ4v) is 1.86. The summed E-state index contributed by atoms with van der Waals surface area (Å²) in [5.41, 5.74) is 0. The molecule has 1 amide bonds. The molecule has 1 rings (SSSR count). The molecule has 18 heavy (non-hydrogen) atoms. The van der Waals surface area contributed by atoms with E-state index in [1.165, 1.54) is 0 Å². The highest BCUT2D eigenvalue weighted by Gasteiger charge is 2.14. The predicted molar refractivity (Wildman–Crippen MR) is 69.2 cm³/mol. The van der Waals surface area contributed by atoms with E-state index in [0.29, 0.717) is 0 Å². The lowest BCUT2D eigenvalue weighted by molar-refractivity contribution is 0.177. The molecule has 0 fully saturated rings. The van der Waals surface area contributed by atoms with Crippen LogP contribution in [0.25, 0.3) is 0 Å². The number of ether oxygens (including phenoxy) is 1. The molecule has 0 aliphatic heterocycles. The lowest BCUT2D eigenvalue weighted by Gasteiger charge is -2.08. The van der Waals surface area contributed by atoms with Crippen molar-refractivity contribution in [3.63, 3.8) is 0 Å². The van der Waals surface area contributed by atoms with E-state index in [2.05, 4.69) is 9.46 Å². The maximum Gasteiger partial charge on any atom is 0.421 e. The summed E-state index contributed by atoms with van der Waals surface area (Å²) < 4.78 is 29.7. The van der Waals surface area contributed by atoms with Gasteiger partial charge < -0.3 is 4.74 Å². The second kappa shape index (κ2) is 8.48. The first-order valence-corrected chi connectivity index (χ1v) is 6.73. The van der Waals surface area contributed by atoms with Crippen LogP contribution >= 0.6 is 0 Å². The molecule has 2 N–H and O–H groups in total. The molecule has 0 heterocycles. The van der Waals surface area contributed by atoms with Gasteiger partial charge in [0.1, 0.15) is 0 Å². The summed E-state index contributed by atoms with van der Waals surface area (Å²) >= 11 is 0. The normalized spacial score (nSPS) is 10.2. The van der Waals surface area contributed by atoms with Crippen molar-refractivity contribution in [2.24, 2.45) is 0 Å². The maximum atomic E-state index is 10.9. The lowest BCUT2D eigenvalue weighted by Crippen LogP contribution is -2.43. The van der Waals surface area contributed by atoms with E-state index in [-0.39, 0.29) is 6.04 Å². The largest absolute Gasteiger partial charge is 0.452 e. The molecule has 0 radical (unpaired) electrons. The Morgan fingerprint density at radius 2 is 1.44 bits per heavy atom. The summed E-state index contributed by atoms with van der Waals surface area (Å²) in [6.45, 7) is 3.27. The molecular weight excluding hydrogens is 256 g/mol. The van der Waals surface area contributed by atoms with E-state index >= 15 is 0 Å². The third kappa shape index (κ3) is 9.61. The van der Waals surface area contributed by atoms with Crippen LogP contribution in [-0.2, 0) is 14.9 Å². The SMILES string of the molecule is COC(=O)NS(=O)(=O)NC(C)C.c1ccccc1. The summed E-state index contributed by atoms with van der Waals surface area (Å²) in [5.74, 6) is 0. The minimum absolute atomic E-state index is 0.271. The van der Waals surface area contributed by atoms with E-state index in [4.69, 9.17) is 0 Å². The third-order valence-corrected chi connectivity index (χ3v) is 2.68. The second-order valence-corrected chi connectivity index (χ2v) is 4.97. The van der Waals surface area contributed by atoms with Crippen molar-refractivity contribution in [1.82, 2.24) is 9.44 Å². The lowest BCUT2D eigenvalue weighted by atomic mass is 10.4. The monoisotopic (exact) mass is 274 g/mol. The predicted octanol–water partition coefficient (Wildman–Crippen LogP) is 1.27. The topological polar surface area (TPSA) is 84.5 Å². The van der Waals surface area contributed by atoms with Crippen molar-refractivity contribution in [2.45, 2.75) is 19.9 Å². The zero-order chi connectivity index (χ0) is 14.0. The minimum Gasteiger partial charge on any atom is -0.452 e. The number of benzene rings is 1. The first-order chi connectivity index (χ1) is 8.37. The van der Waals surface area contributed by atoms with Crippen LogP contribution in [0, 0.1) is 0 Å². The number of nitrogens with one attached hydrogen (secondary N) is 2.